The number of aromatic nitrogens is 2. The van der Waals surface area contributed by atoms with Gasteiger partial charge in [-0.1, -0.05) is 48.6 Å². The monoisotopic (exact) mass is 424 g/mol. The summed E-state index contributed by atoms with van der Waals surface area (Å²) in [6.45, 7) is 0. The van der Waals surface area contributed by atoms with Crippen LogP contribution >= 0.6 is 0 Å². The third-order valence-corrected chi connectivity index (χ3v) is 7.19. The van der Waals surface area contributed by atoms with Gasteiger partial charge in [0.2, 0.25) is 0 Å². The fraction of sp³-hybridized carbons (Fsp3) is 0.0667. The van der Waals surface area contributed by atoms with E-state index in [1.807, 2.05) is 0 Å². The second kappa shape index (κ2) is 6.17. The summed E-state index contributed by atoms with van der Waals surface area (Å²) in [5, 5.41) is 5.94. The lowest BCUT2D eigenvalue weighted by Crippen LogP contribution is -2.02. The van der Waals surface area contributed by atoms with Crippen molar-refractivity contribution in [2.45, 2.75) is 12.8 Å². The molecule has 0 spiro atoms. The lowest BCUT2D eigenvalue weighted by Gasteiger charge is -2.12. The van der Waals surface area contributed by atoms with Crippen molar-refractivity contribution >= 4 is 60.7 Å². The average molecular weight is 425 g/mol. The Morgan fingerprint density at radius 1 is 0.697 bits per heavy atom. The molecule has 0 unspecified atom stereocenters. The van der Waals surface area contributed by atoms with E-state index in [9.17, 15) is 0 Å². The zero-order valence-corrected chi connectivity index (χ0v) is 17.9. The molecule has 1 N–H and O–H groups in total. The minimum atomic E-state index is 0.966. The van der Waals surface area contributed by atoms with E-state index in [2.05, 4.69) is 101 Å². The molecule has 0 radical (unpaired) electrons. The van der Waals surface area contributed by atoms with Crippen LogP contribution in [0.2, 0.25) is 0 Å². The summed E-state index contributed by atoms with van der Waals surface area (Å²) in [4.78, 5) is 3.55. The van der Waals surface area contributed by atoms with Crippen molar-refractivity contribution in [3.05, 3.63) is 96.2 Å². The molecule has 0 fully saturated rings. The van der Waals surface area contributed by atoms with Gasteiger partial charge in [-0.15, -0.1) is 0 Å². The molecule has 8 rings (SSSR count). The van der Waals surface area contributed by atoms with Crippen LogP contribution in [0.25, 0.3) is 66.4 Å². The quantitative estimate of drug-likeness (QED) is 0.284. The molecule has 0 saturated carbocycles. The van der Waals surface area contributed by atoms with Gasteiger partial charge in [-0.3, -0.25) is 0 Å². The highest BCUT2D eigenvalue weighted by Gasteiger charge is 2.23. The van der Waals surface area contributed by atoms with Crippen LogP contribution in [-0.4, -0.2) is 9.55 Å². The summed E-state index contributed by atoms with van der Waals surface area (Å²) in [6, 6.07) is 28.0. The molecule has 0 bridgehead atoms. The molecule has 33 heavy (non-hydrogen) atoms. The van der Waals surface area contributed by atoms with E-state index in [0.717, 1.165) is 35.0 Å². The third kappa shape index (κ3) is 2.19. The number of rotatable bonds is 1. The molecular weight excluding hydrogens is 404 g/mol. The van der Waals surface area contributed by atoms with Crippen LogP contribution in [0.5, 0.6) is 0 Å². The van der Waals surface area contributed by atoms with Crippen LogP contribution in [-0.2, 0) is 6.42 Å². The molecule has 7 aromatic rings. The highest BCUT2D eigenvalue weighted by atomic mass is 16.3. The number of hydrogen-bond donors (Lipinski definition) is 1. The van der Waals surface area contributed by atoms with Gasteiger partial charge in [0.15, 0.2) is 0 Å². The Hall–Kier alpha value is -4.24. The minimum Gasteiger partial charge on any atom is -0.455 e. The predicted octanol–water partition coefficient (Wildman–Crippen LogP) is 8.12. The van der Waals surface area contributed by atoms with Gasteiger partial charge in [0, 0.05) is 38.6 Å². The molecule has 1 aliphatic carbocycles. The van der Waals surface area contributed by atoms with Crippen molar-refractivity contribution in [2.24, 2.45) is 0 Å². The Bertz CT molecular complexity index is 1910. The van der Waals surface area contributed by atoms with Gasteiger partial charge in [0.25, 0.3) is 0 Å². The summed E-state index contributed by atoms with van der Waals surface area (Å²) in [6.07, 6.45) is 6.67. The van der Waals surface area contributed by atoms with Gasteiger partial charge in [-0.05, 0) is 55.3 Å². The smallest absolute Gasteiger partial charge is 0.145 e. The van der Waals surface area contributed by atoms with Crippen LogP contribution in [0.4, 0.5) is 0 Å². The van der Waals surface area contributed by atoms with Gasteiger partial charge >= 0.3 is 0 Å². The maximum atomic E-state index is 6.79. The molecule has 3 heterocycles. The van der Waals surface area contributed by atoms with Crippen LogP contribution in [0, 0.1) is 0 Å². The summed E-state index contributed by atoms with van der Waals surface area (Å²) in [5.74, 6) is 0. The first kappa shape index (κ1) is 17.3. The van der Waals surface area contributed by atoms with Crippen molar-refractivity contribution in [1.29, 1.82) is 0 Å². The number of para-hydroxylation sites is 2. The van der Waals surface area contributed by atoms with E-state index in [4.69, 9.17) is 4.42 Å². The molecule has 156 valence electrons. The van der Waals surface area contributed by atoms with Crippen molar-refractivity contribution in [3.8, 4) is 5.69 Å². The Morgan fingerprint density at radius 2 is 1.48 bits per heavy atom. The lowest BCUT2D eigenvalue weighted by atomic mass is 10.0. The number of fused-ring (bicyclic) bond motifs is 11. The molecule has 4 aromatic carbocycles. The predicted molar refractivity (Wildman–Crippen MR) is 137 cm³/mol. The number of aromatic amines is 1. The fourth-order valence-electron chi connectivity index (χ4n) is 5.80. The number of nitrogens with zero attached hydrogens (tertiary/aromatic N) is 1. The highest BCUT2D eigenvalue weighted by molar-refractivity contribution is 6.26. The molecule has 3 heteroatoms. The van der Waals surface area contributed by atoms with Gasteiger partial charge in [-0.2, -0.15) is 0 Å². The maximum absolute atomic E-state index is 6.79. The number of nitrogens with one attached hydrogen (secondary N) is 1. The molecule has 3 nitrogen and oxygen atoms in total. The average Bonchev–Trinajstić information content (AvgIpc) is 3.53. The highest BCUT2D eigenvalue weighted by Crippen LogP contribution is 2.43. The molecule has 3 aromatic heterocycles. The Morgan fingerprint density at radius 3 is 2.39 bits per heavy atom. The van der Waals surface area contributed by atoms with E-state index in [0.29, 0.717) is 0 Å². The van der Waals surface area contributed by atoms with Gasteiger partial charge < -0.3 is 14.0 Å². The summed E-state index contributed by atoms with van der Waals surface area (Å²) in [7, 11) is 0. The Kier molecular flexibility index (Phi) is 3.24. The molecule has 0 saturated heterocycles. The first-order valence-electron chi connectivity index (χ1n) is 11.5. The number of H-pyrrole nitrogens is 1. The van der Waals surface area contributed by atoms with Gasteiger partial charge in [-0.25, -0.2) is 0 Å². The second-order valence-electron chi connectivity index (χ2n) is 8.95. The van der Waals surface area contributed by atoms with E-state index < -0.39 is 0 Å². The van der Waals surface area contributed by atoms with Crippen molar-refractivity contribution in [1.82, 2.24) is 9.55 Å². The van der Waals surface area contributed by atoms with E-state index in [1.54, 1.807) is 0 Å². The van der Waals surface area contributed by atoms with Crippen LogP contribution in [0.15, 0.2) is 89.4 Å². The van der Waals surface area contributed by atoms with Crippen LogP contribution < -0.4 is 0 Å². The molecule has 1 aliphatic rings. The third-order valence-electron chi connectivity index (χ3n) is 7.19. The first-order chi connectivity index (χ1) is 16.4. The number of furan rings is 1. The maximum Gasteiger partial charge on any atom is 0.145 e. The fourth-order valence-corrected chi connectivity index (χ4v) is 5.80. The van der Waals surface area contributed by atoms with Crippen molar-refractivity contribution < 1.29 is 4.42 Å². The zero-order valence-electron chi connectivity index (χ0n) is 17.9. The summed E-state index contributed by atoms with van der Waals surface area (Å²) < 4.78 is 9.21. The van der Waals surface area contributed by atoms with Gasteiger partial charge in [0.05, 0.1) is 21.8 Å². The van der Waals surface area contributed by atoms with Gasteiger partial charge in [0.1, 0.15) is 11.2 Å². The first-order valence-corrected chi connectivity index (χ1v) is 11.5. The van der Waals surface area contributed by atoms with Crippen LogP contribution in [0.3, 0.4) is 0 Å². The summed E-state index contributed by atoms with van der Waals surface area (Å²) in [5.41, 5.74) is 9.27. The molecule has 0 aliphatic heterocycles. The number of benzene rings is 4. The normalized spacial score (nSPS) is 13.7. The van der Waals surface area contributed by atoms with E-state index in [-0.39, 0.29) is 0 Å². The molecule has 0 atom stereocenters. The molecular formula is C30H20N2O. The van der Waals surface area contributed by atoms with Crippen LogP contribution in [0.1, 0.15) is 17.7 Å². The number of allylic oxidation sites excluding steroid dienone is 1. The topological polar surface area (TPSA) is 33.9 Å². The standard InChI is InChI=1S/C30H20N2O/c1-2-8-18(9-3-1)32-25-13-7-5-11-22(25)28-26(32)17-15-20-19-14-16-24-27(29(19)33-30(20)28)21-10-4-6-12-23(21)31-24/h1-6,8-12,14-17,31H,7,13H2. The number of hydrogen-bond acceptors (Lipinski definition) is 1. The SMILES string of the molecule is C1=Cc2c(n(-c3ccccc3)c3ccc4c5ccc6[nH]c7ccccc7c6c5oc4c23)CC1. The second-order valence-corrected chi connectivity index (χ2v) is 8.95. The Balaban J connectivity index is 1.57. The van der Waals surface area contributed by atoms with E-state index >= 15 is 0 Å². The van der Waals surface area contributed by atoms with Crippen molar-refractivity contribution in [3.63, 3.8) is 0 Å². The largest absolute Gasteiger partial charge is 0.455 e. The lowest BCUT2D eigenvalue weighted by molar-refractivity contribution is 0.676. The minimum absolute atomic E-state index is 0.966. The zero-order chi connectivity index (χ0) is 21.5. The van der Waals surface area contributed by atoms with Crippen molar-refractivity contribution in [2.75, 3.05) is 0 Å². The summed E-state index contributed by atoms with van der Waals surface area (Å²) >= 11 is 0. The van der Waals surface area contributed by atoms with E-state index in [1.165, 1.54) is 49.4 Å². The Labute approximate surface area is 189 Å². The molecule has 0 amide bonds.